The molecule has 1 aliphatic rings. The second-order valence-corrected chi connectivity index (χ2v) is 7.63. The molecule has 2 unspecified atom stereocenters. The van der Waals surface area contributed by atoms with Crippen molar-refractivity contribution >= 4 is 23.1 Å². The van der Waals surface area contributed by atoms with Crippen molar-refractivity contribution in [3.8, 4) is 5.75 Å². The third-order valence-electron chi connectivity index (χ3n) is 3.92. The molecule has 0 bridgehead atoms. The minimum absolute atomic E-state index is 0.369. The molecule has 0 amide bonds. The zero-order valence-electron chi connectivity index (χ0n) is 12.6. The van der Waals surface area contributed by atoms with Gasteiger partial charge in [0, 0.05) is 22.4 Å². The van der Waals surface area contributed by atoms with Crippen LogP contribution in [0.1, 0.15) is 29.3 Å². The molecule has 1 aromatic heterocycles. The summed E-state index contributed by atoms with van der Waals surface area (Å²) in [5.74, 6) is 0.949. The van der Waals surface area contributed by atoms with Gasteiger partial charge in [0.15, 0.2) is 0 Å². The summed E-state index contributed by atoms with van der Waals surface area (Å²) in [7, 11) is 3.77. The number of benzene rings is 1. The number of thiazole rings is 1. The molecule has 2 aromatic rings. The number of nitrogens with zero attached hydrogens (tertiary/aromatic N) is 1. The second kappa shape index (κ2) is 6.38. The molecule has 0 saturated carbocycles. The van der Waals surface area contributed by atoms with Gasteiger partial charge >= 0.3 is 0 Å². The third kappa shape index (κ3) is 3.10. The minimum atomic E-state index is 0.369. The Kier molecular flexibility index (Phi) is 4.52. The highest BCUT2D eigenvalue weighted by molar-refractivity contribution is 8.01. The second-order valence-electron chi connectivity index (χ2n) is 5.28. The summed E-state index contributed by atoms with van der Waals surface area (Å²) in [5, 5.41) is 6.14. The molecule has 3 nitrogen and oxygen atoms in total. The molecule has 1 aromatic carbocycles. The maximum atomic E-state index is 5.34. The molecule has 1 N–H and O–H groups in total. The van der Waals surface area contributed by atoms with Crippen molar-refractivity contribution in [2.24, 2.45) is 0 Å². The lowest BCUT2D eigenvalue weighted by molar-refractivity contribution is 0.412. The number of methoxy groups -OCH3 is 1. The van der Waals surface area contributed by atoms with Gasteiger partial charge in [0.1, 0.15) is 10.1 Å². The van der Waals surface area contributed by atoms with Crippen LogP contribution >= 0.6 is 23.1 Å². The van der Waals surface area contributed by atoms with Crippen LogP contribution < -0.4 is 10.1 Å². The largest absolute Gasteiger partial charge is 0.497 e. The van der Waals surface area contributed by atoms with Crippen LogP contribution in [0.15, 0.2) is 27.9 Å². The molecule has 0 fully saturated rings. The zero-order valence-corrected chi connectivity index (χ0v) is 14.2. The molecule has 2 atom stereocenters. The van der Waals surface area contributed by atoms with Gasteiger partial charge in [-0.05, 0) is 50.1 Å². The molecular formula is C16H20N2OS2. The van der Waals surface area contributed by atoms with Gasteiger partial charge in [-0.1, -0.05) is 17.8 Å². The van der Waals surface area contributed by atoms with E-state index in [0.29, 0.717) is 11.3 Å². The lowest BCUT2D eigenvalue weighted by atomic mass is 9.87. The van der Waals surface area contributed by atoms with E-state index >= 15 is 0 Å². The van der Waals surface area contributed by atoms with E-state index in [9.17, 15) is 0 Å². The molecule has 1 heterocycles. The van der Waals surface area contributed by atoms with Crippen LogP contribution in [0.5, 0.6) is 5.75 Å². The predicted molar refractivity (Wildman–Crippen MR) is 89.6 cm³/mol. The van der Waals surface area contributed by atoms with E-state index in [-0.39, 0.29) is 0 Å². The van der Waals surface area contributed by atoms with E-state index in [1.54, 1.807) is 18.4 Å². The van der Waals surface area contributed by atoms with Crippen LogP contribution in [-0.2, 0) is 6.42 Å². The first-order valence-electron chi connectivity index (χ1n) is 7.14. The minimum Gasteiger partial charge on any atom is -0.497 e. The molecule has 5 heteroatoms. The molecule has 0 aliphatic heterocycles. The Morgan fingerprint density at radius 3 is 2.95 bits per heavy atom. The van der Waals surface area contributed by atoms with Crippen molar-refractivity contribution in [3.63, 3.8) is 0 Å². The summed E-state index contributed by atoms with van der Waals surface area (Å²) in [6, 6.07) is 6.81. The van der Waals surface area contributed by atoms with E-state index in [1.165, 1.54) is 15.5 Å². The summed E-state index contributed by atoms with van der Waals surface area (Å²) in [4.78, 5) is 4.59. The van der Waals surface area contributed by atoms with Crippen LogP contribution in [0.2, 0.25) is 0 Å². The van der Waals surface area contributed by atoms with Crippen molar-refractivity contribution in [1.82, 2.24) is 10.3 Å². The van der Waals surface area contributed by atoms with E-state index in [0.717, 1.165) is 24.3 Å². The quantitative estimate of drug-likeness (QED) is 0.928. The number of hydrogen-bond acceptors (Lipinski definition) is 5. The smallest absolute Gasteiger partial charge is 0.150 e. The highest BCUT2D eigenvalue weighted by atomic mass is 32.2. The fourth-order valence-corrected chi connectivity index (χ4v) is 5.25. The van der Waals surface area contributed by atoms with E-state index in [1.807, 2.05) is 18.8 Å². The Hall–Kier alpha value is -1.04. The number of aromatic nitrogens is 1. The fraction of sp³-hybridized carbons (Fsp3) is 0.438. The van der Waals surface area contributed by atoms with Gasteiger partial charge in [-0.25, -0.2) is 4.98 Å². The maximum Gasteiger partial charge on any atom is 0.150 e. The summed E-state index contributed by atoms with van der Waals surface area (Å²) in [5.41, 5.74) is 3.92. The highest BCUT2D eigenvalue weighted by Gasteiger charge is 2.30. The molecule has 0 radical (unpaired) electrons. The number of hydrogen-bond donors (Lipinski definition) is 1. The molecule has 21 heavy (non-hydrogen) atoms. The average Bonchev–Trinajstić information content (AvgIpc) is 2.91. The maximum absolute atomic E-state index is 5.34. The van der Waals surface area contributed by atoms with E-state index in [4.69, 9.17) is 4.74 Å². The van der Waals surface area contributed by atoms with Gasteiger partial charge in [0.25, 0.3) is 0 Å². The van der Waals surface area contributed by atoms with Crippen LogP contribution in [0.25, 0.3) is 0 Å². The summed E-state index contributed by atoms with van der Waals surface area (Å²) >= 11 is 3.65. The predicted octanol–water partition coefficient (Wildman–Crippen LogP) is 3.83. The van der Waals surface area contributed by atoms with Gasteiger partial charge in [0.05, 0.1) is 7.11 Å². The normalized spacial score (nSPS) is 21.1. The lowest BCUT2D eigenvalue weighted by Gasteiger charge is -2.32. The first-order chi connectivity index (χ1) is 10.2. The number of rotatable bonds is 4. The Morgan fingerprint density at radius 2 is 2.29 bits per heavy atom. The lowest BCUT2D eigenvalue weighted by Crippen LogP contribution is -2.32. The SMILES string of the molecule is CNC1c2ccc(OC)cc2CCC1Sc1nc(C)cs1. The first-order valence-corrected chi connectivity index (χ1v) is 8.90. The molecule has 3 rings (SSSR count). The van der Waals surface area contributed by atoms with Gasteiger partial charge in [-0.2, -0.15) is 0 Å². The Labute approximate surface area is 134 Å². The molecule has 0 saturated heterocycles. The van der Waals surface area contributed by atoms with E-state index in [2.05, 4.69) is 40.8 Å². The third-order valence-corrected chi connectivity index (χ3v) is 6.35. The number of aryl methyl sites for hydroxylation is 2. The average molecular weight is 320 g/mol. The number of nitrogens with one attached hydrogen (secondary N) is 1. The summed E-state index contributed by atoms with van der Waals surface area (Å²) in [6.45, 7) is 2.05. The zero-order chi connectivity index (χ0) is 14.8. The number of thioether (sulfide) groups is 1. The number of fused-ring (bicyclic) bond motifs is 1. The molecular weight excluding hydrogens is 300 g/mol. The van der Waals surface area contributed by atoms with Crippen molar-refractivity contribution in [1.29, 1.82) is 0 Å². The van der Waals surface area contributed by atoms with Crippen molar-refractivity contribution < 1.29 is 4.74 Å². The van der Waals surface area contributed by atoms with Gasteiger partial charge in [-0.15, -0.1) is 11.3 Å². The van der Waals surface area contributed by atoms with Crippen LogP contribution in [0.3, 0.4) is 0 Å². The monoisotopic (exact) mass is 320 g/mol. The van der Waals surface area contributed by atoms with Crippen molar-refractivity contribution in [2.75, 3.05) is 14.2 Å². The van der Waals surface area contributed by atoms with Crippen molar-refractivity contribution in [3.05, 3.63) is 40.4 Å². The van der Waals surface area contributed by atoms with Crippen molar-refractivity contribution in [2.45, 2.75) is 35.4 Å². The van der Waals surface area contributed by atoms with Gasteiger partial charge in [0.2, 0.25) is 0 Å². The highest BCUT2D eigenvalue weighted by Crippen LogP contribution is 2.41. The standard InChI is InChI=1S/C16H20N2OS2/c1-10-9-20-16(18-10)21-14-7-4-11-8-12(19-3)5-6-13(11)15(14)17-2/h5-6,8-9,14-15,17H,4,7H2,1-3H3. The number of ether oxygens (including phenoxy) is 1. The first kappa shape index (κ1) is 14.9. The molecule has 1 aliphatic carbocycles. The fourth-order valence-electron chi connectivity index (χ4n) is 2.88. The summed E-state index contributed by atoms with van der Waals surface area (Å²) in [6.07, 6.45) is 2.27. The topological polar surface area (TPSA) is 34.1 Å². The Balaban J connectivity index is 1.84. The molecule has 0 spiro atoms. The van der Waals surface area contributed by atoms with Gasteiger partial charge in [-0.3, -0.25) is 0 Å². The Morgan fingerprint density at radius 1 is 1.43 bits per heavy atom. The van der Waals surface area contributed by atoms with E-state index < -0.39 is 0 Å². The summed E-state index contributed by atoms with van der Waals surface area (Å²) < 4.78 is 6.52. The van der Waals surface area contributed by atoms with Gasteiger partial charge < -0.3 is 10.1 Å². The van der Waals surface area contributed by atoms with Crippen LogP contribution in [0, 0.1) is 6.92 Å². The molecule has 112 valence electrons. The Bertz CT molecular complexity index is 626. The van der Waals surface area contributed by atoms with Crippen LogP contribution in [0.4, 0.5) is 0 Å². The van der Waals surface area contributed by atoms with Crippen LogP contribution in [-0.4, -0.2) is 24.4 Å².